The molecule has 0 fully saturated rings. The molecule has 1 unspecified atom stereocenters. The van der Waals surface area contributed by atoms with Gasteiger partial charge in [-0.25, -0.2) is 0 Å². The highest BCUT2D eigenvalue weighted by Gasteiger charge is 2.30. The summed E-state index contributed by atoms with van der Waals surface area (Å²) < 4.78 is 19.0. The molecular weight excluding hydrogens is 345 g/mol. The number of phenols is 1. The highest BCUT2D eigenvalue weighted by molar-refractivity contribution is 7.58. The SMILES string of the molecule is CCNC(OP(=O)(CC)CC)c1cc(C(C)(C)C)c(O)c(C(C)(C)C)c1. The van der Waals surface area contributed by atoms with Gasteiger partial charge in [-0.3, -0.25) is 9.88 Å². The molecule has 1 aromatic rings. The van der Waals surface area contributed by atoms with Crippen molar-refractivity contribution in [3.05, 3.63) is 28.8 Å². The van der Waals surface area contributed by atoms with Crippen molar-refractivity contribution in [3.63, 3.8) is 0 Å². The molecule has 0 amide bonds. The molecule has 5 heteroatoms. The molecule has 0 heterocycles. The number of rotatable bonds is 7. The molecule has 150 valence electrons. The number of hydrogen-bond donors (Lipinski definition) is 2. The van der Waals surface area contributed by atoms with Crippen molar-refractivity contribution in [1.29, 1.82) is 0 Å². The van der Waals surface area contributed by atoms with Crippen LogP contribution in [0.2, 0.25) is 0 Å². The molecule has 0 aliphatic rings. The summed E-state index contributed by atoms with van der Waals surface area (Å²) in [5.41, 5.74) is 2.26. The summed E-state index contributed by atoms with van der Waals surface area (Å²) >= 11 is 0. The highest BCUT2D eigenvalue weighted by Crippen LogP contribution is 2.50. The average molecular weight is 384 g/mol. The summed E-state index contributed by atoms with van der Waals surface area (Å²) in [5.74, 6) is 0.346. The van der Waals surface area contributed by atoms with Gasteiger partial charge in [-0.15, -0.1) is 0 Å². The lowest BCUT2D eigenvalue weighted by molar-refractivity contribution is 0.172. The van der Waals surface area contributed by atoms with Gasteiger partial charge in [-0.1, -0.05) is 62.3 Å². The zero-order valence-electron chi connectivity index (χ0n) is 18.1. The Kier molecular flexibility index (Phi) is 7.55. The van der Waals surface area contributed by atoms with Gasteiger partial charge in [0.25, 0.3) is 0 Å². The van der Waals surface area contributed by atoms with Crippen molar-refractivity contribution in [2.24, 2.45) is 0 Å². The van der Waals surface area contributed by atoms with E-state index in [1.807, 2.05) is 32.9 Å². The van der Waals surface area contributed by atoms with Crippen LogP contribution in [0.25, 0.3) is 0 Å². The summed E-state index contributed by atoms with van der Waals surface area (Å²) in [6.45, 7) is 19.1. The molecule has 2 N–H and O–H groups in total. The molecule has 0 saturated heterocycles. The molecule has 26 heavy (non-hydrogen) atoms. The van der Waals surface area contributed by atoms with Crippen LogP contribution >= 0.6 is 7.37 Å². The lowest BCUT2D eigenvalue weighted by Gasteiger charge is -2.31. The fourth-order valence-electron chi connectivity index (χ4n) is 2.92. The maximum absolute atomic E-state index is 12.9. The molecular formula is C21H38NO3P. The fourth-order valence-corrected chi connectivity index (χ4v) is 4.24. The first-order valence-electron chi connectivity index (χ1n) is 9.66. The van der Waals surface area contributed by atoms with Crippen LogP contribution in [0.3, 0.4) is 0 Å². The predicted molar refractivity (Wildman–Crippen MR) is 112 cm³/mol. The van der Waals surface area contributed by atoms with Crippen LogP contribution in [0, 0.1) is 0 Å². The Labute approximate surface area is 160 Å². The molecule has 1 aromatic carbocycles. The molecule has 4 nitrogen and oxygen atoms in total. The van der Waals surface area contributed by atoms with Gasteiger partial charge in [0, 0.05) is 12.3 Å². The Morgan fingerprint density at radius 3 is 1.73 bits per heavy atom. The molecule has 0 saturated carbocycles. The highest BCUT2D eigenvalue weighted by atomic mass is 31.2. The van der Waals surface area contributed by atoms with E-state index in [4.69, 9.17) is 4.52 Å². The molecule has 0 radical (unpaired) electrons. The number of phenolic OH excluding ortho intramolecular Hbond substituents is 1. The van der Waals surface area contributed by atoms with Crippen LogP contribution in [-0.2, 0) is 19.9 Å². The third-order valence-electron chi connectivity index (χ3n) is 4.70. The van der Waals surface area contributed by atoms with E-state index in [-0.39, 0.29) is 10.8 Å². The van der Waals surface area contributed by atoms with Crippen LogP contribution in [0.15, 0.2) is 12.1 Å². The number of benzene rings is 1. The van der Waals surface area contributed by atoms with E-state index < -0.39 is 13.6 Å². The summed E-state index contributed by atoms with van der Waals surface area (Å²) in [4.78, 5) is 0. The summed E-state index contributed by atoms with van der Waals surface area (Å²) in [6.07, 6.45) is 0.581. The van der Waals surface area contributed by atoms with E-state index in [1.165, 1.54) is 0 Å². The molecule has 0 bridgehead atoms. The lowest BCUT2D eigenvalue weighted by atomic mass is 9.78. The Morgan fingerprint density at radius 2 is 1.42 bits per heavy atom. The number of aromatic hydroxyl groups is 1. The number of hydrogen-bond acceptors (Lipinski definition) is 4. The fraction of sp³-hybridized carbons (Fsp3) is 0.714. The van der Waals surface area contributed by atoms with E-state index in [1.54, 1.807) is 0 Å². The van der Waals surface area contributed by atoms with Gasteiger partial charge >= 0.3 is 0 Å². The summed E-state index contributed by atoms with van der Waals surface area (Å²) in [5, 5.41) is 14.2. The quantitative estimate of drug-likeness (QED) is 0.452. The van der Waals surface area contributed by atoms with Crippen LogP contribution in [-0.4, -0.2) is 24.0 Å². The summed E-state index contributed by atoms with van der Waals surface area (Å²) in [7, 11) is -2.68. The first-order chi connectivity index (χ1) is 11.8. The Hall–Kier alpha value is -0.830. The Bertz CT molecular complexity index is 613. The normalized spacial score (nSPS) is 14.5. The van der Waals surface area contributed by atoms with Crippen molar-refractivity contribution in [2.75, 3.05) is 18.9 Å². The second-order valence-corrected chi connectivity index (χ2v) is 12.1. The van der Waals surface area contributed by atoms with Crippen LogP contribution < -0.4 is 5.32 Å². The minimum absolute atomic E-state index is 0.212. The first kappa shape index (κ1) is 23.2. The Morgan fingerprint density at radius 1 is 1.00 bits per heavy atom. The van der Waals surface area contributed by atoms with Gasteiger partial charge in [0.15, 0.2) is 0 Å². The zero-order valence-corrected chi connectivity index (χ0v) is 19.0. The lowest BCUT2D eigenvalue weighted by Crippen LogP contribution is -2.25. The molecule has 0 aliphatic carbocycles. The van der Waals surface area contributed by atoms with Gasteiger partial charge in [-0.05, 0) is 46.2 Å². The van der Waals surface area contributed by atoms with Gasteiger partial charge in [0.05, 0.1) is 0 Å². The van der Waals surface area contributed by atoms with Crippen LogP contribution in [0.1, 0.15) is 85.2 Å². The van der Waals surface area contributed by atoms with Crippen LogP contribution in [0.5, 0.6) is 5.75 Å². The van der Waals surface area contributed by atoms with E-state index in [2.05, 4.69) is 46.9 Å². The van der Waals surface area contributed by atoms with Crippen molar-refractivity contribution >= 4 is 7.37 Å². The van der Waals surface area contributed by atoms with E-state index >= 15 is 0 Å². The van der Waals surface area contributed by atoms with Gasteiger partial charge in [-0.2, -0.15) is 0 Å². The third kappa shape index (κ3) is 5.58. The molecule has 1 atom stereocenters. The van der Waals surface area contributed by atoms with Crippen molar-refractivity contribution in [2.45, 2.75) is 79.4 Å². The molecule has 0 aliphatic heterocycles. The maximum Gasteiger partial charge on any atom is 0.204 e. The molecule has 0 spiro atoms. The van der Waals surface area contributed by atoms with E-state index in [0.717, 1.165) is 16.7 Å². The first-order valence-corrected chi connectivity index (χ1v) is 11.7. The standard InChI is InChI=1S/C21H38NO3P/c1-10-22-19(25-26(24,11-2)12-3)15-13-16(20(4,5)6)18(23)17(14-15)21(7,8)9/h13-14,19,22-23H,10-12H2,1-9H3. The van der Waals surface area contributed by atoms with Gasteiger partial charge in [0.2, 0.25) is 7.37 Å². The van der Waals surface area contributed by atoms with Crippen molar-refractivity contribution in [1.82, 2.24) is 5.32 Å². The second-order valence-electron chi connectivity index (χ2n) is 8.95. The maximum atomic E-state index is 12.9. The Balaban J connectivity index is 3.59. The zero-order chi connectivity index (χ0) is 20.3. The summed E-state index contributed by atoms with van der Waals surface area (Å²) in [6, 6.07) is 3.99. The molecule has 0 aromatic heterocycles. The average Bonchev–Trinajstić information content (AvgIpc) is 2.52. The van der Waals surface area contributed by atoms with Gasteiger partial charge < -0.3 is 9.63 Å². The monoisotopic (exact) mass is 383 g/mol. The number of nitrogens with one attached hydrogen (secondary N) is 1. The van der Waals surface area contributed by atoms with Crippen molar-refractivity contribution < 1.29 is 14.2 Å². The van der Waals surface area contributed by atoms with Crippen molar-refractivity contribution in [3.8, 4) is 5.75 Å². The minimum atomic E-state index is -2.68. The van der Waals surface area contributed by atoms with Crippen LogP contribution in [0.4, 0.5) is 0 Å². The smallest absolute Gasteiger partial charge is 0.204 e. The largest absolute Gasteiger partial charge is 0.507 e. The van der Waals surface area contributed by atoms with Gasteiger partial charge in [0.1, 0.15) is 12.0 Å². The third-order valence-corrected chi connectivity index (χ3v) is 7.22. The molecule has 1 rings (SSSR count). The minimum Gasteiger partial charge on any atom is -0.507 e. The van der Waals surface area contributed by atoms with E-state index in [0.29, 0.717) is 24.6 Å². The topological polar surface area (TPSA) is 58.6 Å². The second kappa shape index (κ2) is 8.46. The predicted octanol–water partition coefficient (Wildman–Crippen LogP) is 5.93. The van der Waals surface area contributed by atoms with E-state index in [9.17, 15) is 9.67 Å².